The lowest BCUT2D eigenvalue weighted by atomic mass is 10.1. The van der Waals surface area contributed by atoms with E-state index in [0.29, 0.717) is 0 Å². The zero-order valence-corrected chi connectivity index (χ0v) is 11.7. The number of rotatable bonds is 12. The van der Waals surface area contributed by atoms with Crippen LogP contribution in [-0.2, 0) is 0 Å². The molecule has 0 fully saturated rings. The SMILES string of the molecule is C=CC=CCCCCCCCCCC=CCC. The highest BCUT2D eigenvalue weighted by Gasteiger charge is 1.90. The van der Waals surface area contributed by atoms with Crippen molar-refractivity contribution in [3.8, 4) is 0 Å². The van der Waals surface area contributed by atoms with Crippen LogP contribution in [0.1, 0.15) is 71.1 Å². The van der Waals surface area contributed by atoms with Gasteiger partial charge in [-0.1, -0.05) is 76.0 Å². The van der Waals surface area contributed by atoms with E-state index in [-0.39, 0.29) is 0 Å². The molecule has 0 aliphatic rings. The Morgan fingerprint density at radius 1 is 0.706 bits per heavy atom. The second kappa shape index (κ2) is 15.2. The van der Waals surface area contributed by atoms with Crippen LogP contribution in [0.5, 0.6) is 0 Å². The van der Waals surface area contributed by atoms with E-state index in [1.54, 1.807) is 0 Å². The molecule has 0 heteroatoms. The summed E-state index contributed by atoms with van der Waals surface area (Å²) >= 11 is 0. The Bertz CT molecular complexity index is 198. The molecule has 98 valence electrons. The molecule has 0 nitrogen and oxygen atoms in total. The zero-order valence-electron chi connectivity index (χ0n) is 11.7. The first-order valence-electron chi connectivity index (χ1n) is 7.34. The number of hydrogen-bond acceptors (Lipinski definition) is 0. The first-order valence-corrected chi connectivity index (χ1v) is 7.34. The quantitative estimate of drug-likeness (QED) is 0.214. The van der Waals surface area contributed by atoms with Crippen molar-refractivity contribution in [2.45, 2.75) is 71.1 Å². The van der Waals surface area contributed by atoms with Crippen molar-refractivity contribution in [1.82, 2.24) is 0 Å². The molecule has 0 aromatic heterocycles. The topological polar surface area (TPSA) is 0 Å². The lowest BCUT2D eigenvalue weighted by Gasteiger charge is -2.00. The van der Waals surface area contributed by atoms with Crippen LogP contribution in [0.25, 0.3) is 0 Å². The lowest BCUT2D eigenvalue weighted by molar-refractivity contribution is 0.583. The summed E-state index contributed by atoms with van der Waals surface area (Å²) in [5.41, 5.74) is 0. The Balaban J connectivity index is 3.01. The lowest BCUT2D eigenvalue weighted by Crippen LogP contribution is -1.80. The van der Waals surface area contributed by atoms with Crippen molar-refractivity contribution >= 4 is 0 Å². The molecule has 0 spiro atoms. The van der Waals surface area contributed by atoms with E-state index in [0.717, 1.165) is 0 Å². The minimum atomic E-state index is 1.18. The molecule has 0 heterocycles. The van der Waals surface area contributed by atoms with Gasteiger partial charge in [-0.05, 0) is 32.1 Å². The van der Waals surface area contributed by atoms with Crippen LogP contribution in [-0.4, -0.2) is 0 Å². The summed E-state index contributed by atoms with van der Waals surface area (Å²) in [6, 6.07) is 0. The van der Waals surface area contributed by atoms with Crippen LogP contribution in [0.2, 0.25) is 0 Å². The molecular weight excluding hydrogens is 204 g/mol. The highest BCUT2D eigenvalue weighted by atomic mass is 14.0. The van der Waals surface area contributed by atoms with E-state index in [1.165, 1.54) is 64.2 Å². The van der Waals surface area contributed by atoms with E-state index in [9.17, 15) is 0 Å². The Morgan fingerprint density at radius 2 is 1.24 bits per heavy atom. The van der Waals surface area contributed by atoms with E-state index >= 15 is 0 Å². The third-order valence-electron chi connectivity index (χ3n) is 2.92. The van der Waals surface area contributed by atoms with Crippen LogP contribution in [0, 0.1) is 0 Å². The van der Waals surface area contributed by atoms with E-state index < -0.39 is 0 Å². The molecule has 17 heavy (non-hydrogen) atoms. The molecule has 0 unspecified atom stereocenters. The van der Waals surface area contributed by atoms with Gasteiger partial charge in [-0.25, -0.2) is 0 Å². The molecule has 0 N–H and O–H groups in total. The van der Waals surface area contributed by atoms with Gasteiger partial charge in [0.05, 0.1) is 0 Å². The van der Waals surface area contributed by atoms with Gasteiger partial charge in [0.25, 0.3) is 0 Å². The average Bonchev–Trinajstić information content (AvgIpc) is 2.35. The fourth-order valence-electron chi connectivity index (χ4n) is 1.89. The Labute approximate surface area is 109 Å². The molecule has 0 saturated carbocycles. The minimum Gasteiger partial charge on any atom is -0.0991 e. The molecule has 0 rings (SSSR count). The van der Waals surface area contributed by atoms with Gasteiger partial charge in [0.1, 0.15) is 0 Å². The second-order valence-electron chi connectivity index (χ2n) is 4.60. The fraction of sp³-hybridized carbons (Fsp3) is 0.647. The maximum absolute atomic E-state index is 3.66. The Morgan fingerprint density at radius 3 is 1.76 bits per heavy atom. The van der Waals surface area contributed by atoms with E-state index in [1.807, 2.05) is 12.2 Å². The molecule has 0 aliphatic carbocycles. The van der Waals surface area contributed by atoms with Crippen molar-refractivity contribution < 1.29 is 0 Å². The van der Waals surface area contributed by atoms with Crippen LogP contribution in [0.15, 0.2) is 37.0 Å². The zero-order chi connectivity index (χ0) is 12.6. The highest BCUT2D eigenvalue weighted by molar-refractivity contribution is 4.96. The van der Waals surface area contributed by atoms with Crippen molar-refractivity contribution in [3.05, 3.63) is 37.0 Å². The van der Waals surface area contributed by atoms with Gasteiger partial charge in [0.2, 0.25) is 0 Å². The summed E-state index contributed by atoms with van der Waals surface area (Å²) in [5.74, 6) is 0. The maximum atomic E-state index is 3.66. The molecule has 0 amide bonds. The van der Waals surface area contributed by atoms with Gasteiger partial charge in [0.15, 0.2) is 0 Å². The highest BCUT2D eigenvalue weighted by Crippen LogP contribution is 2.10. The standard InChI is InChI=1S/C17H30/c1-3-5-7-9-11-13-15-17-16-14-12-10-8-6-4-2/h3,5-8H,1,4,9-17H2,2H3. The van der Waals surface area contributed by atoms with Crippen molar-refractivity contribution in [2.24, 2.45) is 0 Å². The first kappa shape index (κ1) is 16.2. The van der Waals surface area contributed by atoms with Crippen LogP contribution < -0.4 is 0 Å². The fourth-order valence-corrected chi connectivity index (χ4v) is 1.89. The van der Waals surface area contributed by atoms with Crippen LogP contribution in [0.3, 0.4) is 0 Å². The summed E-state index contributed by atoms with van der Waals surface area (Å²) in [4.78, 5) is 0. The van der Waals surface area contributed by atoms with E-state index in [4.69, 9.17) is 0 Å². The smallest absolute Gasteiger partial charge is 0.0348 e. The summed E-state index contributed by atoms with van der Waals surface area (Å²) in [5, 5.41) is 0. The molecule has 0 bridgehead atoms. The normalized spacial score (nSPS) is 11.6. The van der Waals surface area contributed by atoms with Crippen LogP contribution in [0.4, 0.5) is 0 Å². The van der Waals surface area contributed by atoms with Gasteiger partial charge in [-0.2, -0.15) is 0 Å². The monoisotopic (exact) mass is 234 g/mol. The molecule has 0 aromatic carbocycles. The maximum Gasteiger partial charge on any atom is -0.0348 e. The molecule has 0 saturated heterocycles. The van der Waals surface area contributed by atoms with Gasteiger partial charge < -0.3 is 0 Å². The van der Waals surface area contributed by atoms with Gasteiger partial charge >= 0.3 is 0 Å². The minimum absolute atomic E-state index is 1.18. The third kappa shape index (κ3) is 15.2. The first-order chi connectivity index (χ1) is 8.41. The molecule has 0 aromatic rings. The molecule has 0 aliphatic heterocycles. The van der Waals surface area contributed by atoms with Gasteiger partial charge in [-0.3, -0.25) is 0 Å². The summed E-state index contributed by atoms with van der Waals surface area (Å²) in [6.45, 7) is 5.86. The average molecular weight is 234 g/mol. The number of unbranched alkanes of at least 4 members (excludes halogenated alkanes) is 8. The molecular formula is C17H30. The summed E-state index contributed by atoms with van der Waals surface area (Å²) in [6.07, 6.45) is 24.1. The number of allylic oxidation sites excluding steroid dienone is 5. The predicted molar refractivity (Wildman–Crippen MR) is 80.3 cm³/mol. The summed E-state index contributed by atoms with van der Waals surface area (Å²) in [7, 11) is 0. The summed E-state index contributed by atoms with van der Waals surface area (Å²) < 4.78 is 0. The second-order valence-corrected chi connectivity index (χ2v) is 4.60. The van der Waals surface area contributed by atoms with Crippen LogP contribution >= 0.6 is 0 Å². The van der Waals surface area contributed by atoms with Crippen molar-refractivity contribution in [2.75, 3.05) is 0 Å². The third-order valence-corrected chi connectivity index (χ3v) is 2.92. The van der Waals surface area contributed by atoms with Crippen molar-refractivity contribution in [1.29, 1.82) is 0 Å². The van der Waals surface area contributed by atoms with E-state index in [2.05, 4.69) is 31.7 Å². The molecule has 0 atom stereocenters. The number of hydrogen-bond donors (Lipinski definition) is 0. The predicted octanol–water partition coefficient (Wildman–Crippen LogP) is 6.21. The Hall–Kier alpha value is -0.780. The Kier molecular flexibility index (Phi) is 14.5. The van der Waals surface area contributed by atoms with Gasteiger partial charge in [0, 0.05) is 0 Å². The van der Waals surface area contributed by atoms with Gasteiger partial charge in [-0.15, -0.1) is 0 Å². The largest absolute Gasteiger partial charge is 0.0991 e. The van der Waals surface area contributed by atoms with Crippen molar-refractivity contribution in [3.63, 3.8) is 0 Å². The molecule has 0 radical (unpaired) electrons.